The number of carbonyl (C=O) groups excluding carboxylic acids is 2. The number of primary amides is 1. The van der Waals surface area contributed by atoms with E-state index < -0.39 is 0 Å². The molecule has 2 amide bonds. The van der Waals surface area contributed by atoms with Crippen molar-refractivity contribution in [1.82, 2.24) is 15.1 Å². The molecule has 0 spiro atoms. The van der Waals surface area contributed by atoms with E-state index in [1.807, 2.05) is 13.8 Å². The Hall–Kier alpha value is -1.14. The van der Waals surface area contributed by atoms with Crippen molar-refractivity contribution in [3.8, 4) is 0 Å². The van der Waals surface area contributed by atoms with Gasteiger partial charge in [0.25, 0.3) is 0 Å². The van der Waals surface area contributed by atoms with Crippen LogP contribution in [0.3, 0.4) is 0 Å². The van der Waals surface area contributed by atoms with Gasteiger partial charge in [-0.1, -0.05) is 6.92 Å². The van der Waals surface area contributed by atoms with Gasteiger partial charge in [-0.25, -0.2) is 0 Å². The quantitative estimate of drug-likeness (QED) is 0.639. The summed E-state index contributed by atoms with van der Waals surface area (Å²) < 4.78 is 0. The van der Waals surface area contributed by atoms with E-state index in [1.165, 1.54) is 0 Å². The highest BCUT2D eigenvalue weighted by atomic mass is 16.2. The molecule has 1 saturated heterocycles. The molecule has 0 aromatic carbocycles. The van der Waals surface area contributed by atoms with E-state index in [0.717, 1.165) is 32.6 Å². The Morgan fingerprint density at radius 1 is 1.22 bits per heavy atom. The zero-order valence-electron chi connectivity index (χ0n) is 11.3. The van der Waals surface area contributed by atoms with Crippen molar-refractivity contribution >= 4 is 11.8 Å². The summed E-state index contributed by atoms with van der Waals surface area (Å²) in [4.78, 5) is 26.9. The van der Waals surface area contributed by atoms with Crippen LogP contribution in [-0.4, -0.2) is 66.9 Å². The number of amides is 2. The Kier molecular flexibility index (Phi) is 6.07. The van der Waals surface area contributed by atoms with Crippen LogP contribution in [0.1, 0.15) is 20.3 Å². The molecule has 104 valence electrons. The third kappa shape index (κ3) is 4.27. The van der Waals surface area contributed by atoms with Gasteiger partial charge >= 0.3 is 0 Å². The van der Waals surface area contributed by atoms with Crippen molar-refractivity contribution in [2.45, 2.75) is 26.3 Å². The van der Waals surface area contributed by atoms with Crippen LogP contribution in [-0.2, 0) is 9.59 Å². The average Bonchev–Trinajstić information content (AvgIpc) is 2.32. The summed E-state index contributed by atoms with van der Waals surface area (Å²) in [6, 6.07) is -0.170. The van der Waals surface area contributed by atoms with E-state index in [-0.39, 0.29) is 17.9 Å². The van der Waals surface area contributed by atoms with Gasteiger partial charge in [-0.15, -0.1) is 0 Å². The maximum absolute atomic E-state index is 11.5. The second-order valence-corrected chi connectivity index (χ2v) is 4.59. The van der Waals surface area contributed by atoms with Crippen molar-refractivity contribution < 1.29 is 9.59 Å². The van der Waals surface area contributed by atoms with Crippen LogP contribution in [0.4, 0.5) is 0 Å². The largest absolute Gasteiger partial charge is 0.368 e. The Labute approximate surface area is 108 Å². The molecule has 18 heavy (non-hydrogen) atoms. The number of nitrogens with two attached hydrogens (primary N) is 1. The summed E-state index contributed by atoms with van der Waals surface area (Å²) in [5.74, 6) is -0.192. The van der Waals surface area contributed by atoms with Crippen LogP contribution in [0, 0.1) is 0 Å². The minimum absolute atomic E-state index is 0.0629. The molecule has 6 heteroatoms. The van der Waals surface area contributed by atoms with Gasteiger partial charge in [0.05, 0.1) is 12.6 Å². The first-order valence-corrected chi connectivity index (χ1v) is 6.60. The summed E-state index contributed by atoms with van der Waals surface area (Å²) >= 11 is 0. The van der Waals surface area contributed by atoms with Gasteiger partial charge in [0.15, 0.2) is 0 Å². The first kappa shape index (κ1) is 14.9. The third-order valence-electron chi connectivity index (χ3n) is 3.30. The van der Waals surface area contributed by atoms with Crippen molar-refractivity contribution in [3.05, 3.63) is 0 Å². The molecule has 1 fully saturated rings. The minimum atomic E-state index is -0.255. The molecule has 3 N–H and O–H groups in total. The van der Waals surface area contributed by atoms with Gasteiger partial charge in [-0.05, 0) is 13.3 Å². The molecule has 1 rings (SSSR count). The number of rotatable bonds is 6. The maximum Gasteiger partial charge on any atom is 0.234 e. The minimum Gasteiger partial charge on any atom is -0.368 e. The van der Waals surface area contributed by atoms with Gasteiger partial charge in [0.1, 0.15) is 0 Å². The predicted octanol–water partition coefficient (Wildman–Crippen LogP) is -0.996. The molecule has 0 aromatic rings. The zero-order chi connectivity index (χ0) is 13.5. The van der Waals surface area contributed by atoms with Gasteiger partial charge < -0.3 is 11.1 Å². The van der Waals surface area contributed by atoms with Gasteiger partial charge in [0, 0.05) is 32.7 Å². The summed E-state index contributed by atoms with van der Waals surface area (Å²) in [5, 5.41) is 2.79. The lowest BCUT2D eigenvalue weighted by molar-refractivity contribution is -0.126. The van der Waals surface area contributed by atoms with Gasteiger partial charge in [-0.3, -0.25) is 19.4 Å². The Bertz CT molecular complexity index is 288. The molecule has 0 aromatic heterocycles. The number of piperazine rings is 1. The van der Waals surface area contributed by atoms with Crippen molar-refractivity contribution in [1.29, 1.82) is 0 Å². The number of likely N-dealkylation sites (N-methyl/N-ethyl adjacent to an activating group) is 1. The third-order valence-corrected chi connectivity index (χ3v) is 3.30. The van der Waals surface area contributed by atoms with Crippen LogP contribution < -0.4 is 11.1 Å². The summed E-state index contributed by atoms with van der Waals surface area (Å²) in [5.41, 5.74) is 5.37. The zero-order valence-corrected chi connectivity index (χ0v) is 11.3. The molecule has 1 heterocycles. The van der Waals surface area contributed by atoms with E-state index in [9.17, 15) is 9.59 Å². The highest BCUT2D eigenvalue weighted by Gasteiger charge is 2.26. The molecule has 1 unspecified atom stereocenters. The lowest BCUT2D eigenvalue weighted by atomic mass is 10.1. The fourth-order valence-corrected chi connectivity index (χ4v) is 2.33. The van der Waals surface area contributed by atoms with Crippen LogP contribution in [0.5, 0.6) is 0 Å². The Morgan fingerprint density at radius 2 is 1.83 bits per heavy atom. The smallest absolute Gasteiger partial charge is 0.234 e. The molecule has 0 bridgehead atoms. The fourth-order valence-electron chi connectivity index (χ4n) is 2.33. The maximum atomic E-state index is 11.5. The normalized spacial score (nSPS) is 19.4. The number of hydrogen-bond donors (Lipinski definition) is 2. The second-order valence-electron chi connectivity index (χ2n) is 4.59. The second kappa shape index (κ2) is 7.33. The average molecular weight is 256 g/mol. The predicted molar refractivity (Wildman–Crippen MR) is 70.0 cm³/mol. The SMILES string of the molecule is CCNC(=O)CN1CCN(C(CC)C(N)=O)CC1. The molecule has 0 radical (unpaired) electrons. The summed E-state index contributed by atoms with van der Waals surface area (Å²) in [6.07, 6.45) is 0.742. The molecule has 1 aliphatic heterocycles. The lowest BCUT2D eigenvalue weighted by Crippen LogP contribution is -2.55. The Balaban J connectivity index is 2.36. The Morgan fingerprint density at radius 3 is 2.28 bits per heavy atom. The number of carbonyl (C=O) groups is 2. The topological polar surface area (TPSA) is 78.7 Å². The number of hydrogen-bond acceptors (Lipinski definition) is 4. The molecule has 6 nitrogen and oxygen atoms in total. The highest BCUT2D eigenvalue weighted by Crippen LogP contribution is 2.08. The molecule has 1 atom stereocenters. The van der Waals surface area contributed by atoms with Crippen LogP contribution in [0.25, 0.3) is 0 Å². The number of nitrogens with one attached hydrogen (secondary N) is 1. The summed E-state index contributed by atoms with van der Waals surface area (Å²) in [6.45, 7) is 8.18. The highest BCUT2D eigenvalue weighted by molar-refractivity contribution is 5.79. The molecular weight excluding hydrogens is 232 g/mol. The van der Waals surface area contributed by atoms with Crippen molar-refractivity contribution in [2.24, 2.45) is 5.73 Å². The van der Waals surface area contributed by atoms with E-state index >= 15 is 0 Å². The standard InChI is InChI=1S/C12H24N4O2/c1-3-10(12(13)18)16-7-5-15(6-8-16)9-11(17)14-4-2/h10H,3-9H2,1-2H3,(H2,13,18)(H,14,17). The van der Waals surface area contributed by atoms with Crippen LogP contribution >= 0.6 is 0 Å². The number of nitrogens with zero attached hydrogens (tertiary/aromatic N) is 2. The van der Waals surface area contributed by atoms with E-state index in [0.29, 0.717) is 13.1 Å². The van der Waals surface area contributed by atoms with Crippen molar-refractivity contribution in [2.75, 3.05) is 39.3 Å². The molecule has 0 saturated carbocycles. The lowest BCUT2D eigenvalue weighted by Gasteiger charge is -2.37. The molecular formula is C12H24N4O2. The first-order valence-electron chi connectivity index (χ1n) is 6.60. The van der Waals surface area contributed by atoms with Crippen LogP contribution in [0.2, 0.25) is 0 Å². The first-order chi connectivity index (χ1) is 8.58. The van der Waals surface area contributed by atoms with E-state index in [1.54, 1.807) is 0 Å². The monoisotopic (exact) mass is 256 g/mol. The summed E-state index contributed by atoms with van der Waals surface area (Å²) in [7, 11) is 0. The van der Waals surface area contributed by atoms with Gasteiger partial charge in [-0.2, -0.15) is 0 Å². The fraction of sp³-hybridized carbons (Fsp3) is 0.833. The van der Waals surface area contributed by atoms with E-state index in [4.69, 9.17) is 5.73 Å². The van der Waals surface area contributed by atoms with Gasteiger partial charge in [0.2, 0.25) is 11.8 Å². The van der Waals surface area contributed by atoms with E-state index in [2.05, 4.69) is 15.1 Å². The van der Waals surface area contributed by atoms with Crippen molar-refractivity contribution in [3.63, 3.8) is 0 Å². The molecule has 1 aliphatic rings. The van der Waals surface area contributed by atoms with Crippen LogP contribution in [0.15, 0.2) is 0 Å². The molecule has 0 aliphatic carbocycles.